The number of amides is 2. The van der Waals surface area contributed by atoms with Gasteiger partial charge in [0.15, 0.2) is 0 Å². The fraction of sp³-hybridized carbons (Fsp3) is 0.938. The van der Waals surface area contributed by atoms with Gasteiger partial charge < -0.3 is 10.2 Å². The lowest BCUT2D eigenvalue weighted by Gasteiger charge is -2.42. The van der Waals surface area contributed by atoms with E-state index in [1.165, 1.54) is 64.2 Å². The summed E-state index contributed by atoms with van der Waals surface area (Å²) < 4.78 is 0. The number of urea groups is 1. The molecular formula is C16H30N2O. The van der Waals surface area contributed by atoms with Gasteiger partial charge in [0.05, 0.1) is 0 Å². The molecule has 0 bridgehead atoms. The first-order valence-electron chi connectivity index (χ1n) is 8.27. The molecule has 0 aromatic rings. The van der Waals surface area contributed by atoms with Gasteiger partial charge in [-0.15, -0.1) is 0 Å². The van der Waals surface area contributed by atoms with Crippen molar-refractivity contribution in [1.82, 2.24) is 10.2 Å². The summed E-state index contributed by atoms with van der Waals surface area (Å²) in [7, 11) is 0. The van der Waals surface area contributed by atoms with Crippen LogP contribution >= 0.6 is 0 Å². The zero-order valence-corrected chi connectivity index (χ0v) is 12.7. The minimum atomic E-state index is 0.189. The van der Waals surface area contributed by atoms with Crippen LogP contribution in [0, 0.1) is 0 Å². The Bertz CT molecular complexity index is 260. The van der Waals surface area contributed by atoms with E-state index in [0.29, 0.717) is 12.1 Å². The first-order valence-corrected chi connectivity index (χ1v) is 8.27. The van der Waals surface area contributed by atoms with Crippen molar-refractivity contribution in [3.8, 4) is 0 Å². The van der Waals surface area contributed by atoms with Gasteiger partial charge in [-0.05, 0) is 39.5 Å². The second kappa shape index (κ2) is 7.16. The van der Waals surface area contributed by atoms with Crippen molar-refractivity contribution in [2.75, 3.05) is 0 Å². The van der Waals surface area contributed by atoms with E-state index in [1.807, 2.05) is 0 Å². The molecule has 0 aromatic heterocycles. The standard InChI is InChI=1S/C16H30N2O/c1-13(2)17-16(19)18(14-9-5-3-6-10-14)15-11-7-4-8-12-15/h13-15H,3-12H2,1-2H3,(H,17,19). The molecule has 0 unspecified atom stereocenters. The van der Waals surface area contributed by atoms with Gasteiger partial charge in [-0.25, -0.2) is 4.79 Å². The molecule has 2 saturated carbocycles. The van der Waals surface area contributed by atoms with E-state index >= 15 is 0 Å². The zero-order chi connectivity index (χ0) is 13.7. The highest BCUT2D eigenvalue weighted by Gasteiger charge is 2.32. The van der Waals surface area contributed by atoms with Gasteiger partial charge in [-0.2, -0.15) is 0 Å². The highest BCUT2D eigenvalue weighted by Crippen LogP contribution is 2.30. The quantitative estimate of drug-likeness (QED) is 0.820. The molecule has 0 saturated heterocycles. The third-order valence-corrected chi connectivity index (χ3v) is 4.58. The maximum absolute atomic E-state index is 12.6. The van der Waals surface area contributed by atoms with Crippen molar-refractivity contribution >= 4 is 6.03 Å². The Morgan fingerprint density at radius 1 is 0.895 bits per heavy atom. The molecule has 1 N–H and O–H groups in total. The number of hydrogen-bond acceptors (Lipinski definition) is 1. The predicted octanol–water partition coefficient (Wildman–Crippen LogP) is 4.07. The van der Waals surface area contributed by atoms with Gasteiger partial charge in [0, 0.05) is 18.1 Å². The van der Waals surface area contributed by atoms with Crippen molar-refractivity contribution in [2.24, 2.45) is 0 Å². The molecule has 0 aromatic carbocycles. The summed E-state index contributed by atoms with van der Waals surface area (Å²) >= 11 is 0. The van der Waals surface area contributed by atoms with Crippen LogP contribution in [0.1, 0.15) is 78.1 Å². The molecule has 3 nitrogen and oxygen atoms in total. The van der Waals surface area contributed by atoms with Gasteiger partial charge in [-0.1, -0.05) is 38.5 Å². The van der Waals surface area contributed by atoms with Crippen molar-refractivity contribution < 1.29 is 4.79 Å². The van der Waals surface area contributed by atoms with Crippen LogP contribution in [-0.4, -0.2) is 29.1 Å². The van der Waals surface area contributed by atoms with Gasteiger partial charge in [0.2, 0.25) is 0 Å². The molecule has 3 heteroatoms. The van der Waals surface area contributed by atoms with Crippen molar-refractivity contribution in [2.45, 2.75) is 96.2 Å². The number of carbonyl (C=O) groups excluding carboxylic acids is 1. The fourth-order valence-electron chi connectivity index (χ4n) is 3.67. The first kappa shape index (κ1) is 14.7. The minimum Gasteiger partial charge on any atom is -0.336 e. The fourth-order valence-corrected chi connectivity index (χ4v) is 3.67. The van der Waals surface area contributed by atoms with Gasteiger partial charge >= 0.3 is 6.03 Å². The molecule has 0 atom stereocenters. The van der Waals surface area contributed by atoms with E-state index < -0.39 is 0 Å². The SMILES string of the molecule is CC(C)NC(=O)N(C1CCCCC1)C1CCCCC1. The molecule has 2 rings (SSSR count). The summed E-state index contributed by atoms with van der Waals surface area (Å²) in [6, 6.07) is 1.42. The lowest BCUT2D eigenvalue weighted by molar-refractivity contribution is 0.103. The smallest absolute Gasteiger partial charge is 0.318 e. The number of rotatable bonds is 3. The predicted molar refractivity (Wildman–Crippen MR) is 79.3 cm³/mol. The third-order valence-electron chi connectivity index (χ3n) is 4.58. The summed E-state index contributed by atoms with van der Waals surface area (Å²) in [4.78, 5) is 14.8. The van der Waals surface area contributed by atoms with Crippen molar-refractivity contribution in [1.29, 1.82) is 0 Å². The summed E-state index contributed by atoms with van der Waals surface area (Å²) in [6.45, 7) is 4.11. The molecule has 2 fully saturated rings. The van der Waals surface area contributed by atoms with E-state index in [-0.39, 0.29) is 12.1 Å². The third kappa shape index (κ3) is 4.12. The number of carbonyl (C=O) groups is 1. The maximum atomic E-state index is 12.6. The number of nitrogens with zero attached hydrogens (tertiary/aromatic N) is 1. The Hall–Kier alpha value is -0.730. The summed E-state index contributed by atoms with van der Waals surface area (Å²) in [5.41, 5.74) is 0. The first-order chi connectivity index (χ1) is 9.18. The van der Waals surface area contributed by atoms with Crippen LogP contribution in [0.2, 0.25) is 0 Å². The Kier molecular flexibility index (Phi) is 5.53. The van der Waals surface area contributed by atoms with E-state index in [2.05, 4.69) is 24.1 Å². The van der Waals surface area contributed by atoms with Crippen LogP contribution in [0.25, 0.3) is 0 Å². The zero-order valence-electron chi connectivity index (χ0n) is 12.7. The summed E-state index contributed by atoms with van der Waals surface area (Å²) in [5.74, 6) is 0. The summed E-state index contributed by atoms with van der Waals surface area (Å²) in [5, 5.41) is 3.12. The van der Waals surface area contributed by atoms with E-state index in [1.54, 1.807) is 0 Å². The minimum absolute atomic E-state index is 0.189. The average molecular weight is 266 g/mol. The summed E-state index contributed by atoms with van der Waals surface area (Å²) in [6.07, 6.45) is 12.7. The Morgan fingerprint density at radius 3 is 1.68 bits per heavy atom. The number of nitrogens with one attached hydrogen (secondary N) is 1. The van der Waals surface area contributed by atoms with E-state index in [9.17, 15) is 4.79 Å². The van der Waals surface area contributed by atoms with E-state index in [0.717, 1.165) is 0 Å². The lowest BCUT2D eigenvalue weighted by atomic mass is 9.89. The van der Waals surface area contributed by atoms with Crippen LogP contribution in [0.3, 0.4) is 0 Å². The van der Waals surface area contributed by atoms with Gasteiger partial charge in [0.1, 0.15) is 0 Å². The van der Waals surface area contributed by atoms with Crippen molar-refractivity contribution in [3.05, 3.63) is 0 Å². The average Bonchev–Trinajstić information content (AvgIpc) is 2.40. The van der Waals surface area contributed by atoms with Crippen LogP contribution < -0.4 is 5.32 Å². The molecule has 0 radical (unpaired) electrons. The Labute approximate surface area is 118 Å². The maximum Gasteiger partial charge on any atom is 0.318 e. The molecule has 110 valence electrons. The molecule has 0 heterocycles. The van der Waals surface area contributed by atoms with Crippen LogP contribution in [0.5, 0.6) is 0 Å². The van der Waals surface area contributed by atoms with Crippen LogP contribution in [0.4, 0.5) is 4.79 Å². The Morgan fingerprint density at radius 2 is 1.32 bits per heavy atom. The highest BCUT2D eigenvalue weighted by molar-refractivity contribution is 5.75. The van der Waals surface area contributed by atoms with Crippen LogP contribution in [0.15, 0.2) is 0 Å². The van der Waals surface area contributed by atoms with Gasteiger partial charge in [0.25, 0.3) is 0 Å². The molecule has 2 amide bonds. The molecule has 2 aliphatic rings. The monoisotopic (exact) mass is 266 g/mol. The second-order valence-corrected chi connectivity index (χ2v) is 6.60. The van der Waals surface area contributed by atoms with Crippen molar-refractivity contribution in [3.63, 3.8) is 0 Å². The largest absolute Gasteiger partial charge is 0.336 e. The molecular weight excluding hydrogens is 236 g/mol. The lowest BCUT2D eigenvalue weighted by Crippen LogP contribution is -2.53. The molecule has 2 aliphatic carbocycles. The normalized spacial score (nSPS) is 22.5. The molecule has 0 spiro atoms. The second-order valence-electron chi connectivity index (χ2n) is 6.60. The van der Waals surface area contributed by atoms with E-state index in [4.69, 9.17) is 0 Å². The van der Waals surface area contributed by atoms with Crippen LogP contribution in [-0.2, 0) is 0 Å². The molecule has 0 aliphatic heterocycles. The van der Waals surface area contributed by atoms with Gasteiger partial charge in [-0.3, -0.25) is 0 Å². The number of hydrogen-bond donors (Lipinski definition) is 1. The topological polar surface area (TPSA) is 32.3 Å². The highest BCUT2D eigenvalue weighted by atomic mass is 16.2. The Balaban J connectivity index is 2.04. The molecule has 19 heavy (non-hydrogen) atoms.